The molecular formula is C14H15N5O3S. The van der Waals surface area contributed by atoms with Gasteiger partial charge in [-0.2, -0.15) is 0 Å². The summed E-state index contributed by atoms with van der Waals surface area (Å²) < 4.78 is 2.30. The number of rotatable bonds is 3. The Morgan fingerprint density at radius 1 is 1.30 bits per heavy atom. The average Bonchev–Trinajstić information content (AvgIpc) is 3.15. The number of H-pyrrole nitrogens is 1. The van der Waals surface area contributed by atoms with Crippen LogP contribution >= 0.6 is 11.3 Å². The number of carbonyl (C=O) groups is 1. The highest BCUT2D eigenvalue weighted by atomic mass is 32.1. The van der Waals surface area contributed by atoms with E-state index >= 15 is 0 Å². The minimum absolute atomic E-state index is 0.141. The number of hydrogen-bond donors (Lipinski definition) is 2. The molecule has 0 spiro atoms. The summed E-state index contributed by atoms with van der Waals surface area (Å²) in [4.78, 5) is 44.7. The second kappa shape index (κ2) is 5.51. The predicted octanol–water partition coefficient (Wildman–Crippen LogP) is 0.260. The Kier molecular flexibility index (Phi) is 3.64. The van der Waals surface area contributed by atoms with E-state index in [0.717, 1.165) is 9.44 Å². The van der Waals surface area contributed by atoms with Gasteiger partial charge in [0.2, 0.25) is 0 Å². The zero-order chi connectivity index (χ0) is 16.7. The lowest BCUT2D eigenvalue weighted by Crippen LogP contribution is -2.36. The molecule has 23 heavy (non-hydrogen) atoms. The van der Waals surface area contributed by atoms with Crippen molar-refractivity contribution in [1.82, 2.24) is 24.4 Å². The first-order chi connectivity index (χ1) is 10.9. The molecule has 0 radical (unpaired) electrons. The first-order valence-corrected chi connectivity index (χ1v) is 7.69. The molecule has 3 aromatic heterocycles. The van der Waals surface area contributed by atoms with E-state index in [0.29, 0.717) is 10.7 Å². The van der Waals surface area contributed by atoms with Crippen molar-refractivity contribution in [1.29, 1.82) is 0 Å². The maximum Gasteiger partial charge on any atom is 0.332 e. The SMILES string of the molecule is Cc1ccc(C(=O)NCc2nc3c([nH]2)c(=O)n(C)c(=O)n3C)s1. The van der Waals surface area contributed by atoms with Crippen LogP contribution < -0.4 is 16.6 Å². The zero-order valence-electron chi connectivity index (χ0n) is 12.8. The fourth-order valence-electron chi connectivity index (χ4n) is 2.27. The molecule has 8 nitrogen and oxygen atoms in total. The van der Waals surface area contributed by atoms with Crippen molar-refractivity contribution < 1.29 is 4.79 Å². The lowest BCUT2D eigenvalue weighted by atomic mass is 10.4. The van der Waals surface area contributed by atoms with E-state index in [4.69, 9.17) is 0 Å². The number of thiophene rings is 1. The van der Waals surface area contributed by atoms with E-state index in [1.165, 1.54) is 23.0 Å². The number of aromatic amines is 1. The summed E-state index contributed by atoms with van der Waals surface area (Å²) in [6.45, 7) is 2.07. The van der Waals surface area contributed by atoms with Crippen molar-refractivity contribution >= 4 is 28.4 Å². The van der Waals surface area contributed by atoms with Gasteiger partial charge in [-0.05, 0) is 19.1 Å². The van der Waals surface area contributed by atoms with Gasteiger partial charge in [-0.3, -0.25) is 18.7 Å². The number of nitrogens with zero attached hydrogens (tertiary/aromatic N) is 3. The van der Waals surface area contributed by atoms with E-state index in [-0.39, 0.29) is 23.6 Å². The maximum absolute atomic E-state index is 12.1. The van der Waals surface area contributed by atoms with Crippen LogP contribution in [0.15, 0.2) is 21.7 Å². The number of hydrogen-bond acceptors (Lipinski definition) is 5. The molecule has 3 aromatic rings. The van der Waals surface area contributed by atoms with Crippen LogP contribution in [0.3, 0.4) is 0 Å². The van der Waals surface area contributed by atoms with Crippen LogP contribution in [-0.2, 0) is 20.6 Å². The van der Waals surface area contributed by atoms with Crippen molar-refractivity contribution in [2.45, 2.75) is 13.5 Å². The van der Waals surface area contributed by atoms with Crippen LogP contribution in [0.4, 0.5) is 0 Å². The fraction of sp³-hybridized carbons (Fsp3) is 0.286. The number of carbonyl (C=O) groups excluding carboxylic acids is 1. The number of nitrogens with one attached hydrogen (secondary N) is 2. The smallest absolute Gasteiger partial charge is 0.332 e. The van der Waals surface area contributed by atoms with E-state index in [1.54, 1.807) is 13.1 Å². The summed E-state index contributed by atoms with van der Waals surface area (Å²) in [5.74, 6) is 0.213. The molecule has 0 saturated carbocycles. The monoisotopic (exact) mass is 333 g/mol. The summed E-state index contributed by atoms with van der Waals surface area (Å²) in [6.07, 6.45) is 0. The summed E-state index contributed by atoms with van der Waals surface area (Å²) in [5, 5.41) is 2.74. The van der Waals surface area contributed by atoms with Crippen molar-refractivity contribution in [2.24, 2.45) is 14.1 Å². The molecule has 0 unspecified atom stereocenters. The largest absolute Gasteiger partial charge is 0.344 e. The Hall–Kier alpha value is -2.68. The van der Waals surface area contributed by atoms with Gasteiger partial charge in [-0.25, -0.2) is 9.78 Å². The van der Waals surface area contributed by atoms with Crippen molar-refractivity contribution in [2.75, 3.05) is 0 Å². The third-order valence-electron chi connectivity index (χ3n) is 3.52. The second-order valence-electron chi connectivity index (χ2n) is 5.18. The fourth-order valence-corrected chi connectivity index (χ4v) is 3.05. The standard InChI is InChI=1S/C14H15N5O3S/c1-7-4-5-8(23-7)12(20)15-6-9-16-10-11(17-9)18(2)14(22)19(3)13(10)21/h4-5H,6H2,1-3H3,(H,15,20)(H,16,17). The molecule has 0 aliphatic rings. The Labute approximate surface area is 134 Å². The van der Waals surface area contributed by atoms with Gasteiger partial charge in [-0.1, -0.05) is 0 Å². The van der Waals surface area contributed by atoms with Crippen LogP contribution in [0, 0.1) is 6.92 Å². The molecule has 9 heteroatoms. The van der Waals surface area contributed by atoms with Gasteiger partial charge in [0.25, 0.3) is 11.5 Å². The van der Waals surface area contributed by atoms with Crippen molar-refractivity contribution in [3.05, 3.63) is 48.5 Å². The molecule has 0 fully saturated rings. The van der Waals surface area contributed by atoms with Crippen LogP contribution in [0.2, 0.25) is 0 Å². The van der Waals surface area contributed by atoms with Crippen molar-refractivity contribution in [3.8, 4) is 0 Å². The van der Waals surface area contributed by atoms with Gasteiger partial charge < -0.3 is 10.3 Å². The third-order valence-corrected chi connectivity index (χ3v) is 4.52. The number of fused-ring (bicyclic) bond motifs is 1. The molecule has 0 bridgehead atoms. The number of amides is 1. The number of aryl methyl sites for hydroxylation is 2. The van der Waals surface area contributed by atoms with E-state index < -0.39 is 11.2 Å². The molecule has 120 valence electrons. The predicted molar refractivity (Wildman–Crippen MR) is 86.8 cm³/mol. The Morgan fingerprint density at radius 2 is 2.04 bits per heavy atom. The summed E-state index contributed by atoms with van der Waals surface area (Å²) >= 11 is 1.40. The topological polar surface area (TPSA) is 102 Å². The van der Waals surface area contributed by atoms with Crippen LogP contribution in [-0.4, -0.2) is 25.0 Å². The third kappa shape index (κ3) is 2.59. The molecule has 1 amide bonds. The van der Waals surface area contributed by atoms with Gasteiger partial charge in [-0.15, -0.1) is 11.3 Å². The quantitative estimate of drug-likeness (QED) is 0.718. The average molecular weight is 333 g/mol. The summed E-state index contributed by atoms with van der Waals surface area (Å²) in [5.41, 5.74) is -0.374. The normalized spacial score (nSPS) is 11.1. The minimum Gasteiger partial charge on any atom is -0.344 e. The van der Waals surface area contributed by atoms with E-state index in [9.17, 15) is 14.4 Å². The molecule has 0 aromatic carbocycles. The molecule has 0 atom stereocenters. The number of imidazole rings is 1. The summed E-state index contributed by atoms with van der Waals surface area (Å²) in [6, 6.07) is 3.63. The maximum atomic E-state index is 12.1. The van der Waals surface area contributed by atoms with E-state index in [2.05, 4.69) is 15.3 Å². The van der Waals surface area contributed by atoms with Crippen LogP contribution in [0.1, 0.15) is 20.4 Å². The molecule has 0 aliphatic heterocycles. The molecule has 3 rings (SSSR count). The first kappa shape index (κ1) is 15.2. The molecule has 0 aliphatic carbocycles. The highest BCUT2D eigenvalue weighted by Gasteiger charge is 2.14. The van der Waals surface area contributed by atoms with Crippen LogP contribution in [0.5, 0.6) is 0 Å². The van der Waals surface area contributed by atoms with Crippen molar-refractivity contribution in [3.63, 3.8) is 0 Å². The lowest BCUT2D eigenvalue weighted by Gasteiger charge is -2.00. The van der Waals surface area contributed by atoms with Gasteiger partial charge in [0.1, 0.15) is 11.3 Å². The first-order valence-electron chi connectivity index (χ1n) is 6.87. The second-order valence-corrected chi connectivity index (χ2v) is 6.47. The Balaban J connectivity index is 1.89. The minimum atomic E-state index is -0.446. The summed E-state index contributed by atoms with van der Waals surface area (Å²) in [7, 11) is 2.95. The van der Waals surface area contributed by atoms with Gasteiger partial charge in [0.15, 0.2) is 5.65 Å². The molecular weight excluding hydrogens is 318 g/mol. The van der Waals surface area contributed by atoms with Gasteiger partial charge in [0.05, 0.1) is 11.4 Å². The highest BCUT2D eigenvalue weighted by molar-refractivity contribution is 7.13. The van der Waals surface area contributed by atoms with Gasteiger partial charge >= 0.3 is 5.69 Å². The lowest BCUT2D eigenvalue weighted by molar-refractivity contribution is 0.0954. The zero-order valence-corrected chi connectivity index (χ0v) is 13.7. The molecule has 2 N–H and O–H groups in total. The van der Waals surface area contributed by atoms with Gasteiger partial charge in [0, 0.05) is 19.0 Å². The Morgan fingerprint density at radius 3 is 2.70 bits per heavy atom. The number of aromatic nitrogens is 4. The molecule has 0 saturated heterocycles. The van der Waals surface area contributed by atoms with E-state index in [1.807, 2.05) is 13.0 Å². The highest BCUT2D eigenvalue weighted by Crippen LogP contribution is 2.14. The Bertz CT molecular complexity index is 1020. The molecule has 3 heterocycles. The van der Waals surface area contributed by atoms with Crippen LogP contribution in [0.25, 0.3) is 11.2 Å².